The number of aryl methyl sites for hydroxylation is 1. The summed E-state index contributed by atoms with van der Waals surface area (Å²) < 4.78 is 32.8. The zero-order chi connectivity index (χ0) is 27.3. The molecule has 0 unspecified atom stereocenters. The summed E-state index contributed by atoms with van der Waals surface area (Å²) in [6.07, 6.45) is 9.28. The Balaban J connectivity index is 1.81. The maximum absolute atomic E-state index is 12.9. The topological polar surface area (TPSA) is 133 Å². The fourth-order valence-corrected chi connectivity index (χ4v) is 4.54. The van der Waals surface area contributed by atoms with Gasteiger partial charge in [0.1, 0.15) is 5.57 Å². The summed E-state index contributed by atoms with van der Waals surface area (Å²) >= 11 is 5.36. The molecule has 2 N–H and O–H groups in total. The molecule has 12 heteroatoms. The second-order valence-electron chi connectivity index (χ2n) is 8.22. The molecular formula is C25H28N4O6S2. The van der Waals surface area contributed by atoms with Crippen molar-refractivity contribution in [3.05, 3.63) is 65.4 Å². The van der Waals surface area contributed by atoms with Gasteiger partial charge in [-0.05, 0) is 68.4 Å². The first-order chi connectivity index (χ1) is 17.5. The van der Waals surface area contributed by atoms with E-state index in [4.69, 9.17) is 16.8 Å². The summed E-state index contributed by atoms with van der Waals surface area (Å²) in [4.78, 5) is 28.3. The Hall–Kier alpha value is -3.61. The number of carbonyl (C=O) groups is 2. The van der Waals surface area contributed by atoms with E-state index in [2.05, 4.69) is 5.10 Å². The van der Waals surface area contributed by atoms with Crippen LogP contribution < -0.4 is 0 Å². The average Bonchev–Trinajstić information content (AvgIpc) is 3.14. The first-order valence-electron chi connectivity index (χ1n) is 11.6. The van der Waals surface area contributed by atoms with E-state index in [-0.39, 0.29) is 21.5 Å². The van der Waals surface area contributed by atoms with Crippen molar-refractivity contribution in [1.29, 1.82) is 0 Å². The predicted molar refractivity (Wildman–Crippen MR) is 143 cm³/mol. The first kappa shape index (κ1) is 28.0. The predicted octanol–water partition coefficient (Wildman–Crippen LogP) is 3.40. The molecule has 0 radical (unpaired) electrons. The minimum Gasteiger partial charge on any atom is -0.493 e. The van der Waals surface area contributed by atoms with E-state index in [1.165, 1.54) is 44.8 Å². The lowest BCUT2D eigenvalue weighted by molar-refractivity contribution is -0.133. The van der Waals surface area contributed by atoms with Gasteiger partial charge in [-0.1, -0.05) is 32.1 Å². The summed E-state index contributed by atoms with van der Waals surface area (Å²) in [5.74, 6) is -1.02. The molecule has 1 aliphatic rings. The van der Waals surface area contributed by atoms with Crippen molar-refractivity contribution in [1.82, 2.24) is 19.6 Å². The summed E-state index contributed by atoms with van der Waals surface area (Å²) in [6, 6.07) is 5.22. The average molecular weight is 545 g/mol. The molecule has 0 aliphatic carbocycles. The van der Waals surface area contributed by atoms with Crippen LogP contribution in [0.25, 0.3) is 11.8 Å². The number of nitrogens with zero attached hydrogens (tertiary/aromatic N) is 4. The third kappa shape index (κ3) is 6.04. The molecule has 3 rings (SSSR count). The van der Waals surface area contributed by atoms with Gasteiger partial charge in [0.15, 0.2) is 5.11 Å². The number of thiocarbonyl (C=S) groups is 1. The molecule has 1 aromatic carbocycles. The van der Waals surface area contributed by atoms with Crippen molar-refractivity contribution in [2.24, 2.45) is 0 Å². The molecule has 0 spiro atoms. The van der Waals surface area contributed by atoms with Gasteiger partial charge >= 0.3 is 0 Å². The Morgan fingerprint density at radius 1 is 0.973 bits per heavy atom. The molecule has 2 heterocycles. The van der Waals surface area contributed by atoms with E-state index in [0.29, 0.717) is 42.9 Å². The molecule has 1 aromatic heterocycles. The van der Waals surface area contributed by atoms with Crippen molar-refractivity contribution in [3.8, 4) is 11.6 Å². The summed E-state index contributed by atoms with van der Waals surface area (Å²) in [5, 5.41) is 15.1. The van der Waals surface area contributed by atoms with Gasteiger partial charge in [0.2, 0.25) is 5.88 Å². The molecule has 0 atom stereocenters. The highest BCUT2D eigenvalue weighted by Crippen LogP contribution is 2.26. The number of hydrogen-bond acceptors (Lipinski definition) is 7. The SMILES string of the molecule is CCCN1C(=O)C(=CC=CC=Cc2c(C)nn(-c3ccc(S(=O)(=O)O)cc3)c2O)C(=O)N(CCC)C1=S. The van der Waals surface area contributed by atoms with Crippen LogP contribution in [0.15, 0.2) is 59.0 Å². The maximum Gasteiger partial charge on any atom is 0.294 e. The lowest BCUT2D eigenvalue weighted by Crippen LogP contribution is -2.56. The number of hydrogen-bond donors (Lipinski definition) is 2. The molecule has 10 nitrogen and oxygen atoms in total. The van der Waals surface area contributed by atoms with Gasteiger partial charge in [-0.25, -0.2) is 4.68 Å². The molecule has 1 fully saturated rings. The highest BCUT2D eigenvalue weighted by Gasteiger charge is 2.38. The molecule has 0 bridgehead atoms. The van der Waals surface area contributed by atoms with Gasteiger partial charge in [-0.3, -0.25) is 23.9 Å². The molecule has 196 valence electrons. The number of allylic oxidation sites excluding steroid dienone is 4. The van der Waals surface area contributed by atoms with Gasteiger partial charge < -0.3 is 5.11 Å². The normalized spacial score (nSPS) is 15.0. The molecule has 37 heavy (non-hydrogen) atoms. The van der Waals surface area contributed by atoms with Crippen molar-refractivity contribution in [3.63, 3.8) is 0 Å². The number of carbonyl (C=O) groups excluding carboxylic acids is 2. The molecule has 2 amide bonds. The van der Waals surface area contributed by atoms with Crippen LogP contribution in [0.4, 0.5) is 0 Å². The second-order valence-corrected chi connectivity index (χ2v) is 10.0. The monoisotopic (exact) mass is 544 g/mol. The number of rotatable bonds is 9. The molecule has 2 aromatic rings. The second kappa shape index (κ2) is 11.6. The number of aromatic hydroxyl groups is 1. The quantitative estimate of drug-likeness (QED) is 0.161. The standard InChI is InChI=1S/C25H28N4O6S2/c1-4-15-27-22(30)21(23(31)28(16-5-2)25(27)36)10-8-6-7-9-20-17(3)26-29(24(20)32)18-11-13-19(14-12-18)37(33,34)35/h6-14,32H,4-5,15-16H2,1-3H3,(H,33,34,35). The van der Waals surface area contributed by atoms with Crippen LogP contribution in [0.1, 0.15) is 37.9 Å². The lowest BCUT2D eigenvalue weighted by Gasteiger charge is -2.36. The fourth-order valence-electron chi connectivity index (χ4n) is 3.72. The Labute approximate surface area is 220 Å². The van der Waals surface area contributed by atoms with E-state index in [9.17, 15) is 23.1 Å². The highest BCUT2D eigenvalue weighted by atomic mass is 32.2. The largest absolute Gasteiger partial charge is 0.493 e. The molecule has 1 saturated heterocycles. The summed E-state index contributed by atoms with van der Waals surface area (Å²) in [6.45, 7) is 6.40. The molecule has 0 saturated carbocycles. The highest BCUT2D eigenvalue weighted by molar-refractivity contribution is 7.85. The number of benzene rings is 1. The summed E-state index contributed by atoms with van der Waals surface area (Å²) in [5.41, 5.74) is 1.36. The Bertz CT molecular complexity index is 1380. The van der Waals surface area contributed by atoms with Crippen molar-refractivity contribution < 1.29 is 27.7 Å². The van der Waals surface area contributed by atoms with E-state index >= 15 is 0 Å². The van der Waals surface area contributed by atoms with Crippen LogP contribution >= 0.6 is 12.2 Å². The van der Waals surface area contributed by atoms with Gasteiger partial charge in [-0.15, -0.1) is 0 Å². The van der Waals surface area contributed by atoms with E-state index in [0.717, 1.165) is 0 Å². The Morgan fingerprint density at radius 3 is 2.05 bits per heavy atom. The molecule has 1 aliphatic heterocycles. The van der Waals surface area contributed by atoms with Crippen molar-refractivity contribution in [2.45, 2.75) is 38.5 Å². The van der Waals surface area contributed by atoms with Crippen LogP contribution in [-0.2, 0) is 19.7 Å². The van der Waals surface area contributed by atoms with Gasteiger partial charge in [-0.2, -0.15) is 13.5 Å². The minimum absolute atomic E-state index is 0.0281. The smallest absolute Gasteiger partial charge is 0.294 e. The fraction of sp³-hybridized carbons (Fsp3) is 0.280. The van der Waals surface area contributed by atoms with Crippen LogP contribution in [0.5, 0.6) is 5.88 Å². The third-order valence-electron chi connectivity index (χ3n) is 5.52. The number of aromatic nitrogens is 2. The van der Waals surface area contributed by atoms with Crippen LogP contribution in [0.3, 0.4) is 0 Å². The molecular weight excluding hydrogens is 516 g/mol. The van der Waals surface area contributed by atoms with Crippen LogP contribution in [0, 0.1) is 6.92 Å². The zero-order valence-corrected chi connectivity index (χ0v) is 22.3. The maximum atomic E-state index is 12.9. The van der Waals surface area contributed by atoms with Gasteiger partial charge in [0.05, 0.1) is 21.8 Å². The third-order valence-corrected chi connectivity index (χ3v) is 6.82. The Morgan fingerprint density at radius 2 is 1.54 bits per heavy atom. The first-order valence-corrected chi connectivity index (χ1v) is 13.4. The zero-order valence-electron chi connectivity index (χ0n) is 20.7. The van der Waals surface area contributed by atoms with Crippen LogP contribution in [0.2, 0.25) is 0 Å². The van der Waals surface area contributed by atoms with Crippen molar-refractivity contribution >= 4 is 45.3 Å². The van der Waals surface area contributed by atoms with Gasteiger partial charge in [0.25, 0.3) is 21.9 Å². The van der Waals surface area contributed by atoms with Gasteiger partial charge in [0, 0.05) is 13.1 Å². The van der Waals surface area contributed by atoms with Crippen molar-refractivity contribution in [2.75, 3.05) is 13.1 Å². The van der Waals surface area contributed by atoms with Crippen LogP contribution in [-0.4, -0.2) is 67.7 Å². The number of amides is 2. The lowest BCUT2D eigenvalue weighted by atomic mass is 10.1. The van der Waals surface area contributed by atoms with E-state index < -0.39 is 21.9 Å². The van der Waals surface area contributed by atoms with E-state index in [1.807, 2.05) is 13.8 Å². The summed E-state index contributed by atoms with van der Waals surface area (Å²) in [7, 11) is -4.33. The minimum atomic E-state index is -4.33. The Kier molecular flexibility index (Phi) is 8.79. The van der Waals surface area contributed by atoms with E-state index in [1.54, 1.807) is 31.2 Å².